The molecular formula is C18H27NO3. The zero-order valence-corrected chi connectivity index (χ0v) is 13.4. The molecule has 0 aromatic heterocycles. The summed E-state index contributed by atoms with van der Waals surface area (Å²) < 4.78 is 0. The van der Waals surface area contributed by atoms with Gasteiger partial charge in [-0.15, -0.1) is 0 Å². The smallest absolute Gasteiger partial charge is 0.337 e. The van der Waals surface area contributed by atoms with Crippen molar-refractivity contribution in [3.8, 4) is 0 Å². The molecule has 22 heavy (non-hydrogen) atoms. The molecule has 0 unspecified atom stereocenters. The Kier molecular flexibility index (Phi) is 8.26. The van der Waals surface area contributed by atoms with Gasteiger partial charge in [-0.05, 0) is 18.6 Å². The highest BCUT2D eigenvalue weighted by atomic mass is 16.4. The van der Waals surface area contributed by atoms with Crippen LogP contribution in [0.5, 0.6) is 0 Å². The Balaban J connectivity index is 2.34. The standard InChI is InChI=1S/C18H27NO3/c1-2-3-4-5-6-7-8-9-13-16(20)14-11-10-12-15(17(14)19)18(21)22/h10-12H,2-9,13,19H2,1H3,(H,21,22). The molecule has 0 spiro atoms. The Bertz CT molecular complexity index is 497. The van der Waals surface area contributed by atoms with Crippen LogP contribution in [0.3, 0.4) is 0 Å². The number of aromatic carboxylic acids is 1. The zero-order valence-electron chi connectivity index (χ0n) is 13.4. The van der Waals surface area contributed by atoms with Gasteiger partial charge in [0.1, 0.15) is 0 Å². The molecule has 0 atom stereocenters. The van der Waals surface area contributed by atoms with Crippen molar-refractivity contribution in [2.45, 2.75) is 64.7 Å². The number of unbranched alkanes of at least 4 members (excludes halogenated alkanes) is 7. The second-order valence-corrected chi connectivity index (χ2v) is 5.72. The van der Waals surface area contributed by atoms with Crippen molar-refractivity contribution in [2.24, 2.45) is 0 Å². The van der Waals surface area contributed by atoms with Gasteiger partial charge in [-0.1, -0.05) is 57.9 Å². The molecule has 0 fully saturated rings. The van der Waals surface area contributed by atoms with Crippen LogP contribution < -0.4 is 5.73 Å². The molecule has 3 N–H and O–H groups in total. The molecule has 0 aliphatic carbocycles. The summed E-state index contributed by atoms with van der Waals surface area (Å²) in [6.07, 6.45) is 9.82. The Morgan fingerprint density at radius 1 is 0.955 bits per heavy atom. The summed E-state index contributed by atoms with van der Waals surface area (Å²) >= 11 is 0. The van der Waals surface area contributed by atoms with Crippen LogP contribution in [0.1, 0.15) is 85.4 Å². The summed E-state index contributed by atoms with van der Waals surface area (Å²) in [4.78, 5) is 23.2. The van der Waals surface area contributed by atoms with Crippen LogP contribution in [0.4, 0.5) is 5.69 Å². The number of nitrogen functional groups attached to an aromatic ring is 1. The van der Waals surface area contributed by atoms with Crippen molar-refractivity contribution in [3.63, 3.8) is 0 Å². The number of carbonyl (C=O) groups excluding carboxylic acids is 1. The van der Waals surface area contributed by atoms with Crippen molar-refractivity contribution in [2.75, 3.05) is 5.73 Å². The van der Waals surface area contributed by atoms with Crippen molar-refractivity contribution >= 4 is 17.4 Å². The molecule has 0 heterocycles. The molecule has 0 amide bonds. The Labute approximate surface area is 132 Å². The quantitative estimate of drug-likeness (QED) is 0.353. The number of carboxylic acid groups (broad SMARTS) is 1. The summed E-state index contributed by atoms with van der Waals surface area (Å²) in [5, 5.41) is 9.02. The fraction of sp³-hybridized carbons (Fsp3) is 0.556. The maximum absolute atomic E-state index is 12.1. The van der Waals surface area contributed by atoms with Crippen LogP contribution in [-0.2, 0) is 0 Å². The van der Waals surface area contributed by atoms with Gasteiger partial charge >= 0.3 is 5.97 Å². The lowest BCUT2D eigenvalue weighted by Crippen LogP contribution is -2.09. The van der Waals surface area contributed by atoms with Gasteiger partial charge in [0.15, 0.2) is 5.78 Å². The molecule has 4 heteroatoms. The number of hydrogen-bond donors (Lipinski definition) is 2. The van der Waals surface area contributed by atoms with E-state index in [-0.39, 0.29) is 17.0 Å². The molecule has 0 aliphatic heterocycles. The lowest BCUT2D eigenvalue weighted by Gasteiger charge is -2.07. The molecule has 0 saturated carbocycles. The first-order valence-electron chi connectivity index (χ1n) is 8.23. The third-order valence-electron chi connectivity index (χ3n) is 3.89. The van der Waals surface area contributed by atoms with E-state index in [1.165, 1.54) is 38.2 Å². The fourth-order valence-electron chi connectivity index (χ4n) is 2.55. The van der Waals surface area contributed by atoms with Gasteiger partial charge in [-0.25, -0.2) is 4.79 Å². The molecule has 0 saturated heterocycles. The van der Waals surface area contributed by atoms with E-state index in [1.54, 1.807) is 12.1 Å². The summed E-state index contributed by atoms with van der Waals surface area (Å²) in [6.45, 7) is 2.21. The lowest BCUT2D eigenvalue weighted by atomic mass is 9.99. The normalized spacial score (nSPS) is 10.6. The minimum atomic E-state index is -1.10. The van der Waals surface area contributed by atoms with E-state index in [4.69, 9.17) is 10.8 Å². The molecule has 4 nitrogen and oxygen atoms in total. The molecule has 0 bridgehead atoms. The molecule has 0 aliphatic rings. The second kappa shape index (κ2) is 9.98. The number of carboxylic acids is 1. The first kappa shape index (κ1) is 18.2. The van der Waals surface area contributed by atoms with Gasteiger partial charge in [0.2, 0.25) is 0 Å². The minimum Gasteiger partial charge on any atom is -0.478 e. The number of ketones is 1. The van der Waals surface area contributed by atoms with E-state index in [2.05, 4.69) is 6.92 Å². The van der Waals surface area contributed by atoms with E-state index < -0.39 is 5.97 Å². The van der Waals surface area contributed by atoms with Crippen LogP contribution in [0.25, 0.3) is 0 Å². The Hall–Kier alpha value is -1.84. The largest absolute Gasteiger partial charge is 0.478 e. The third-order valence-corrected chi connectivity index (χ3v) is 3.89. The van der Waals surface area contributed by atoms with Crippen LogP contribution in [-0.4, -0.2) is 16.9 Å². The molecule has 1 aromatic carbocycles. The van der Waals surface area contributed by atoms with E-state index in [1.807, 2.05) is 0 Å². The topological polar surface area (TPSA) is 80.4 Å². The fourth-order valence-corrected chi connectivity index (χ4v) is 2.55. The summed E-state index contributed by atoms with van der Waals surface area (Å²) in [6, 6.07) is 4.60. The highest BCUT2D eigenvalue weighted by Gasteiger charge is 2.15. The predicted octanol–water partition coefficient (Wildman–Crippen LogP) is 4.68. The summed E-state index contributed by atoms with van der Waals surface area (Å²) in [5.74, 6) is -1.16. The molecule has 0 radical (unpaired) electrons. The van der Waals surface area contributed by atoms with Crippen LogP contribution >= 0.6 is 0 Å². The van der Waals surface area contributed by atoms with Crippen LogP contribution in [0.15, 0.2) is 18.2 Å². The van der Waals surface area contributed by atoms with Gasteiger partial charge in [-0.2, -0.15) is 0 Å². The monoisotopic (exact) mass is 305 g/mol. The van der Waals surface area contributed by atoms with E-state index >= 15 is 0 Å². The lowest BCUT2D eigenvalue weighted by molar-refractivity contribution is 0.0698. The van der Waals surface area contributed by atoms with Gasteiger partial charge in [0.05, 0.1) is 11.3 Å². The SMILES string of the molecule is CCCCCCCCCCC(=O)c1cccc(C(=O)O)c1N. The summed E-state index contributed by atoms with van der Waals surface area (Å²) in [5.41, 5.74) is 6.20. The van der Waals surface area contributed by atoms with Crippen molar-refractivity contribution in [3.05, 3.63) is 29.3 Å². The van der Waals surface area contributed by atoms with E-state index in [0.29, 0.717) is 12.0 Å². The summed E-state index contributed by atoms with van der Waals surface area (Å²) in [7, 11) is 0. The Morgan fingerprint density at radius 3 is 2.09 bits per heavy atom. The molecular weight excluding hydrogens is 278 g/mol. The van der Waals surface area contributed by atoms with Crippen molar-refractivity contribution in [1.82, 2.24) is 0 Å². The Morgan fingerprint density at radius 2 is 1.50 bits per heavy atom. The number of carbonyl (C=O) groups is 2. The number of anilines is 1. The van der Waals surface area contributed by atoms with Crippen molar-refractivity contribution < 1.29 is 14.7 Å². The highest BCUT2D eigenvalue weighted by Crippen LogP contribution is 2.20. The number of benzene rings is 1. The minimum absolute atomic E-state index is 0.00164. The number of rotatable bonds is 11. The first-order valence-corrected chi connectivity index (χ1v) is 8.23. The highest BCUT2D eigenvalue weighted by molar-refractivity contribution is 6.06. The van der Waals surface area contributed by atoms with Gasteiger partial charge in [0, 0.05) is 12.0 Å². The predicted molar refractivity (Wildman–Crippen MR) is 89.4 cm³/mol. The second-order valence-electron chi connectivity index (χ2n) is 5.72. The zero-order chi connectivity index (χ0) is 16.4. The third kappa shape index (κ3) is 5.88. The average molecular weight is 305 g/mol. The maximum Gasteiger partial charge on any atom is 0.337 e. The van der Waals surface area contributed by atoms with Crippen LogP contribution in [0, 0.1) is 0 Å². The number of para-hydroxylation sites is 1. The number of nitrogens with two attached hydrogens (primary N) is 1. The van der Waals surface area contributed by atoms with Gasteiger partial charge in [-0.3, -0.25) is 4.79 Å². The molecule has 1 rings (SSSR count). The first-order chi connectivity index (χ1) is 10.6. The van der Waals surface area contributed by atoms with Crippen molar-refractivity contribution in [1.29, 1.82) is 0 Å². The van der Waals surface area contributed by atoms with E-state index in [9.17, 15) is 9.59 Å². The average Bonchev–Trinajstić information content (AvgIpc) is 2.49. The molecule has 1 aromatic rings. The van der Waals surface area contributed by atoms with E-state index in [0.717, 1.165) is 19.3 Å². The molecule has 122 valence electrons. The van der Waals surface area contributed by atoms with Gasteiger partial charge in [0.25, 0.3) is 0 Å². The maximum atomic E-state index is 12.1. The number of hydrogen-bond acceptors (Lipinski definition) is 3. The van der Waals surface area contributed by atoms with Crippen LogP contribution in [0.2, 0.25) is 0 Å². The number of Topliss-reactive ketones (excluding diaryl/α,β-unsaturated/α-hetero) is 1. The van der Waals surface area contributed by atoms with Gasteiger partial charge < -0.3 is 10.8 Å².